The molecule has 3 heterocycles. The zero-order chi connectivity index (χ0) is 12.4. The predicted molar refractivity (Wildman–Crippen MR) is 66.0 cm³/mol. The van der Waals surface area contributed by atoms with Crippen molar-refractivity contribution < 1.29 is 9.26 Å². The molecule has 0 radical (unpaired) electrons. The molecule has 0 amide bonds. The summed E-state index contributed by atoms with van der Waals surface area (Å²) in [5, 5.41) is 7.54. The standard InChI is InChI=1S/C13H21N3O2/c1-2-3-12-15-13(18-16-12)8-17-11-6-9-4-5-10(7-11)14-9/h9-11,14H,2-8H2,1H3. The van der Waals surface area contributed by atoms with E-state index in [1.807, 2.05) is 0 Å². The third-order valence-electron chi connectivity index (χ3n) is 3.86. The Kier molecular flexibility index (Phi) is 3.61. The van der Waals surface area contributed by atoms with Crippen molar-refractivity contribution in [2.45, 2.75) is 70.2 Å². The predicted octanol–water partition coefficient (Wildman–Crippen LogP) is 1.82. The van der Waals surface area contributed by atoms with Gasteiger partial charge in [0.15, 0.2) is 5.82 Å². The van der Waals surface area contributed by atoms with E-state index in [0.717, 1.165) is 31.5 Å². The SMILES string of the molecule is CCCc1noc(COC2CC3CCC(C2)N3)n1. The molecule has 5 nitrogen and oxygen atoms in total. The van der Waals surface area contributed by atoms with Crippen molar-refractivity contribution >= 4 is 0 Å². The molecule has 3 rings (SSSR count). The number of ether oxygens (including phenoxy) is 1. The maximum Gasteiger partial charge on any atom is 0.252 e. The van der Waals surface area contributed by atoms with Crippen LogP contribution in [-0.2, 0) is 17.8 Å². The first-order valence-corrected chi connectivity index (χ1v) is 7.02. The molecular formula is C13H21N3O2. The largest absolute Gasteiger partial charge is 0.368 e. The minimum atomic E-state index is 0.352. The molecule has 2 unspecified atom stereocenters. The van der Waals surface area contributed by atoms with E-state index in [1.54, 1.807) is 0 Å². The summed E-state index contributed by atoms with van der Waals surface area (Å²) in [6, 6.07) is 1.32. The topological polar surface area (TPSA) is 60.2 Å². The van der Waals surface area contributed by atoms with Crippen molar-refractivity contribution in [3.63, 3.8) is 0 Å². The molecule has 2 bridgehead atoms. The third-order valence-corrected chi connectivity index (χ3v) is 3.86. The number of piperidine rings is 1. The minimum Gasteiger partial charge on any atom is -0.368 e. The molecule has 100 valence electrons. The number of nitrogens with zero attached hydrogens (tertiary/aromatic N) is 2. The lowest BCUT2D eigenvalue weighted by Crippen LogP contribution is -2.41. The Hall–Kier alpha value is -0.940. The summed E-state index contributed by atoms with van der Waals surface area (Å²) >= 11 is 0. The molecule has 0 spiro atoms. The second kappa shape index (κ2) is 5.36. The Morgan fingerprint density at radius 1 is 1.33 bits per heavy atom. The highest BCUT2D eigenvalue weighted by Crippen LogP contribution is 2.28. The molecule has 0 aliphatic carbocycles. The molecule has 2 aliphatic rings. The summed E-state index contributed by atoms with van der Waals surface area (Å²) < 4.78 is 11.1. The Morgan fingerprint density at radius 3 is 2.83 bits per heavy atom. The van der Waals surface area contributed by atoms with Gasteiger partial charge in [0.2, 0.25) is 0 Å². The van der Waals surface area contributed by atoms with Crippen LogP contribution >= 0.6 is 0 Å². The zero-order valence-electron chi connectivity index (χ0n) is 10.9. The highest BCUT2D eigenvalue weighted by molar-refractivity contribution is 4.93. The van der Waals surface area contributed by atoms with Crippen LogP contribution < -0.4 is 5.32 Å². The van der Waals surface area contributed by atoms with E-state index in [2.05, 4.69) is 22.4 Å². The van der Waals surface area contributed by atoms with Gasteiger partial charge in [-0.1, -0.05) is 12.1 Å². The quantitative estimate of drug-likeness (QED) is 0.865. The molecule has 2 fully saturated rings. The van der Waals surface area contributed by atoms with Gasteiger partial charge in [-0.25, -0.2) is 0 Å². The van der Waals surface area contributed by atoms with Crippen LogP contribution in [0, 0.1) is 0 Å². The van der Waals surface area contributed by atoms with Crippen LogP contribution in [0.3, 0.4) is 0 Å². The van der Waals surface area contributed by atoms with Crippen LogP contribution in [-0.4, -0.2) is 28.3 Å². The van der Waals surface area contributed by atoms with E-state index in [4.69, 9.17) is 9.26 Å². The van der Waals surface area contributed by atoms with Crippen molar-refractivity contribution in [1.29, 1.82) is 0 Å². The number of rotatable bonds is 5. The Bertz CT molecular complexity index is 381. The van der Waals surface area contributed by atoms with Crippen molar-refractivity contribution in [3.05, 3.63) is 11.7 Å². The monoisotopic (exact) mass is 251 g/mol. The molecule has 18 heavy (non-hydrogen) atoms. The normalized spacial score (nSPS) is 30.8. The van der Waals surface area contributed by atoms with Crippen LogP contribution in [0.2, 0.25) is 0 Å². The van der Waals surface area contributed by atoms with Crippen LogP contribution in [0.4, 0.5) is 0 Å². The first-order valence-electron chi connectivity index (χ1n) is 7.02. The van der Waals surface area contributed by atoms with E-state index >= 15 is 0 Å². The summed E-state index contributed by atoms with van der Waals surface area (Å²) in [5.74, 6) is 1.41. The highest BCUT2D eigenvalue weighted by atomic mass is 16.5. The van der Waals surface area contributed by atoms with Crippen LogP contribution in [0.15, 0.2) is 4.52 Å². The molecule has 2 atom stereocenters. The number of aromatic nitrogens is 2. The van der Waals surface area contributed by atoms with Crippen molar-refractivity contribution in [1.82, 2.24) is 15.5 Å². The van der Waals surface area contributed by atoms with E-state index < -0.39 is 0 Å². The smallest absolute Gasteiger partial charge is 0.252 e. The Balaban J connectivity index is 1.48. The third kappa shape index (κ3) is 2.72. The fourth-order valence-corrected chi connectivity index (χ4v) is 3.00. The molecule has 2 aliphatic heterocycles. The fraction of sp³-hybridized carbons (Fsp3) is 0.846. The maximum atomic E-state index is 5.91. The van der Waals surface area contributed by atoms with E-state index in [0.29, 0.717) is 30.7 Å². The van der Waals surface area contributed by atoms with Crippen LogP contribution in [0.5, 0.6) is 0 Å². The zero-order valence-corrected chi connectivity index (χ0v) is 10.9. The van der Waals surface area contributed by atoms with Gasteiger partial charge in [-0.2, -0.15) is 4.98 Å². The van der Waals surface area contributed by atoms with Crippen molar-refractivity contribution in [2.24, 2.45) is 0 Å². The summed E-state index contributed by atoms with van der Waals surface area (Å²) in [6.07, 6.45) is 7.10. The lowest BCUT2D eigenvalue weighted by Gasteiger charge is -2.28. The van der Waals surface area contributed by atoms with Crippen LogP contribution in [0.1, 0.15) is 50.7 Å². The van der Waals surface area contributed by atoms with Gasteiger partial charge in [0.05, 0.1) is 6.10 Å². The Labute approximate surface area is 107 Å². The molecule has 0 aromatic carbocycles. The lowest BCUT2D eigenvalue weighted by atomic mass is 10.0. The molecule has 0 saturated carbocycles. The lowest BCUT2D eigenvalue weighted by molar-refractivity contribution is -0.00225. The second-order valence-corrected chi connectivity index (χ2v) is 5.40. The molecule has 1 aromatic rings. The van der Waals surface area contributed by atoms with Gasteiger partial charge >= 0.3 is 0 Å². The Morgan fingerprint density at radius 2 is 2.11 bits per heavy atom. The summed E-state index contributed by atoms with van der Waals surface area (Å²) in [6.45, 7) is 2.57. The molecule has 1 N–H and O–H groups in total. The number of hydrogen-bond acceptors (Lipinski definition) is 5. The van der Waals surface area contributed by atoms with Gasteiger partial charge in [0, 0.05) is 18.5 Å². The van der Waals surface area contributed by atoms with E-state index in [-0.39, 0.29) is 0 Å². The van der Waals surface area contributed by atoms with Gasteiger partial charge in [-0.3, -0.25) is 0 Å². The first-order chi connectivity index (χ1) is 8.83. The van der Waals surface area contributed by atoms with Crippen molar-refractivity contribution in [3.8, 4) is 0 Å². The molecule has 2 saturated heterocycles. The first kappa shape index (κ1) is 12.1. The molecule has 5 heteroatoms. The number of nitrogens with one attached hydrogen (secondary N) is 1. The number of aryl methyl sites for hydroxylation is 1. The van der Waals surface area contributed by atoms with Gasteiger partial charge in [-0.05, 0) is 32.1 Å². The van der Waals surface area contributed by atoms with Gasteiger partial charge in [-0.15, -0.1) is 0 Å². The summed E-state index contributed by atoms with van der Waals surface area (Å²) in [4.78, 5) is 4.32. The van der Waals surface area contributed by atoms with Gasteiger partial charge < -0.3 is 14.6 Å². The maximum absolute atomic E-state index is 5.91. The van der Waals surface area contributed by atoms with Crippen LogP contribution in [0.25, 0.3) is 0 Å². The average Bonchev–Trinajstić information content (AvgIpc) is 2.95. The highest BCUT2D eigenvalue weighted by Gasteiger charge is 2.33. The van der Waals surface area contributed by atoms with Crippen molar-refractivity contribution in [2.75, 3.05) is 0 Å². The fourth-order valence-electron chi connectivity index (χ4n) is 3.00. The summed E-state index contributed by atoms with van der Waals surface area (Å²) in [7, 11) is 0. The van der Waals surface area contributed by atoms with E-state index in [1.165, 1.54) is 12.8 Å². The van der Waals surface area contributed by atoms with E-state index in [9.17, 15) is 0 Å². The van der Waals surface area contributed by atoms with Gasteiger partial charge in [0.25, 0.3) is 5.89 Å². The number of hydrogen-bond donors (Lipinski definition) is 1. The number of fused-ring (bicyclic) bond motifs is 2. The minimum absolute atomic E-state index is 0.352. The molecule has 1 aromatic heterocycles. The van der Waals surface area contributed by atoms with Gasteiger partial charge in [0.1, 0.15) is 6.61 Å². The average molecular weight is 251 g/mol. The molecular weight excluding hydrogens is 230 g/mol. The second-order valence-electron chi connectivity index (χ2n) is 5.40. The summed E-state index contributed by atoms with van der Waals surface area (Å²) in [5.41, 5.74) is 0.